The monoisotopic (exact) mass is 779 g/mol. The molecular formula is C38H72N2O12P+. The van der Waals surface area contributed by atoms with Gasteiger partial charge in [0.05, 0.1) is 41.0 Å². The van der Waals surface area contributed by atoms with Crippen molar-refractivity contribution in [2.45, 2.75) is 160 Å². The number of phosphoric ester groups is 1. The molecule has 1 unspecified atom stereocenters. The topological polar surface area (TPSA) is 182 Å². The van der Waals surface area contributed by atoms with Crippen molar-refractivity contribution >= 4 is 19.6 Å². The van der Waals surface area contributed by atoms with E-state index in [4.69, 9.17) is 23.3 Å². The molecule has 14 nitrogen and oxygen atoms in total. The third-order valence-electron chi connectivity index (χ3n) is 10.0. The zero-order valence-electron chi connectivity index (χ0n) is 33.4. The van der Waals surface area contributed by atoms with Gasteiger partial charge in [-0.2, -0.15) is 0 Å². The van der Waals surface area contributed by atoms with Crippen molar-refractivity contribution in [1.29, 1.82) is 0 Å². The fourth-order valence-electron chi connectivity index (χ4n) is 6.43. The number of rotatable bonds is 30. The second kappa shape index (κ2) is 25.1. The number of unbranched alkanes of at least 4 members (excludes halogenated alkanes) is 15. The molecule has 0 saturated carbocycles. The van der Waals surface area contributed by atoms with Gasteiger partial charge in [0.1, 0.15) is 43.6 Å². The Morgan fingerprint density at radius 1 is 0.755 bits per heavy atom. The third kappa shape index (κ3) is 17.6. The number of carbonyl (C=O) groups excluding carboxylic acids is 2. The van der Waals surface area contributed by atoms with Crippen molar-refractivity contribution in [1.82, 2.24) is 4.90 Å². The first-order valence-electron chi connectivity index (χ1n) is 20.0. The Morgan fingerprint density at radius 2 is 1.25 bits per heavy atom. The second-order valence-corrected chi connectivity index (χ2v) is 17.1. The molecule has 7 atom stereocenters. The smallest absolute Gasteiger partial charge is 0.394 e. The number of phosphoric acid groups is 1. The molecule has 53 heavy (non-hydrogen) atoms. The summed E-state index contributed by atoms with van der Waals surface area (Å²) < 4.78 is 41.5. The summed E-state index contributed by atoms with van der Waals surface area (Å²) in [5, 5.41) is 31.6. The Kier molecular flexibility index (Phi) is 22.6. The molecule has 0 aromatic rings. The van der Waals surface area contributed by atoms with Crippen molar-refractivity contribution < 1.29 is 62.1 Å². The number of aliphatic hydroxyl groups is 3. The highest BCUT2D eigenvalue weighted by Crippen LogP contribution is 2.43. The lowest BCUT2D eigenvalue weighted by atomic mass is 9.95. The normalized spacial score (nSPS) is 24.3. The Balaban J connectivity index is 1.90. The maximum absolute atomic E-state index is 13.1. The van der Waals surface area contributed by atoms with Gasteiger partial charge < -0.3 is 38.9 Å². The Bertz CT molecular complexity index is 1120. The van der Waals surface area contributed by atoms with E-state index in [1.165, 1.54) is 97.3 Å². The first kappa shape index (κ1) is 47.9. The molecule has 0 aliphatic carbocycles. The van der Waals surface area contributed by atoms with Gasteiger partial charge in [0.15, 0.2) is 6.29 Å². The highest BCUT2D eigenvalue weighted by molar-refractivity contribution is 7.47. The van der Waals surface area contributed by atoms with E-state index in [9.17, 15) is 34.4 Å². The van der Waals surface area contributed by atoms with Gasteiger partial charge in [0, 0.05) is 17.8 Å². The lowest BCUT2D eigenvalue weighted by Gasteiger charge is -2.45. The quantitative estimate of drug-likeness (QED) is 0.0332. The molecule has 2 aliphatic heterocycles. The molecule has 0 bridgehead atoms. The predicted octanol–water partition coefficient (Wildman–Crippen LogP) is 5.00. The zero-order chi connectivity index (χ0) is 39.4. The second-order valence-electron chi connectivity index (χ2n) is 15.7. The summed E-state index contributed by atoms with van der Waals surface area (Å²) in [6.07, 6.45) is 12.7. The van der Waals surface area contributed by atoms with Gasteiger partial charge >= 0.3 is 7.82 Å². The van der Waals surface area contributed by atoms with Crippen molar-refractivity contribution in [2.24, 2.45) is 0 Å². The molecule has 2 amide bonds. The summed E-state index contributed by atoms with van der Waals surface area (Å²) in [6.45, 7) is 4.70. The van der Waals surface area contributed by atoms with Crippen molar-refractivity contribution in [3.05, 3.63) is 11.1 Å². The summed E-state index contributed by atoms with van der Waals surface area (Å²) in [5.41, 5.74) is 0.350. The Morgan fingerprint density at radius 3 is 1.72 bits per heavy atom. The molecule has 0 radical (unpaired) electrons. The minimum Gasteiger partial charge on any atom is -0.394 e. The number of carbonyl (C=O) groups is 2. The molecule has 0 aromatic carbocycles. The van der Waals surface area contributed by atoms with Crippen LogP contribution in [-0.2, 0) is 37.4 Å². The maximum atomic E-state index is 13.1. The average molecular weight is 780 g/mol. The Hall–Kier alpha value is -1.29. The van der Waals surface area contributed by atoms with Gasteiger partial charge in [0.2, 0.25) is 0 Å². The van der Waals surface area contributed by atoms with E-state index in [0.717, 1.165) is 24.2 Å². The van der Waals surface area contributed by atoms with Crippen LogP contribution in [0, 0.1) is 0 Å². The molecule has 4 N–H and O–H groups in total. The molecule has 2 aliphatic rings. The van der Waals surface area contributed by atoms with Gasteiger partial charge in [-0.1, -0.05) is 103 Å². The summed E-state index contributed by atoms with van der Waals surface area (Å²) in [4.78, 5) is 37.4. The maximum Gasteiger partial charge on any atom is 0.472 e. The van der Waals surface area contributed by atoms with Gasteiger partial charge in [-0.3, -0.25) is 23.5 Å². The van der Waals surface area contributed by atoms with Crippen LogP contribution < -0.4 is 0 Å². The number of hydrogen-bond donors (Lipinski definition) is 4. The molecule has 0 aromatic heterocycles. The van der Waals surface area contributed by atoms with Crippen molar-refractivity contribution in [2.75, 3.05) is 60.7 Å². The van der Waals surface area contributed by atoms with Crippen LogP contribution in [0.15, 0.2) is 11.1 Å². The predicted molar refractivity (Wildman–Crippen MR) is 202 cm³/mol. The first-order chi connectivity index (χ1) is 25.1. The van der Waals surface area contributed by atoms with Gasteiger partial charge in [-0.05, 0) is 20.3 Å². The summed E-state index contributed by atoms with van der Waals surface area (Å²) in [6, 6.07) is -1.50. The first-order valence-corrected chi connectivity index (χ1v) is 21.5. The van der Waals surface area contributed by atoms with E-state index in [0.29, 0.717) is 17.6 Å². The van der Waals surface area contributed by atoms with E-state index < -0.39 is 69.6 Å². The third-order valence-corrected chi connectivity index (χ3v) is 11.0. The van der Waals surface area contributed by atoms with E-state index in [-0.39, 0.29) is 24.4 Å². The van der Waals surface area contributed by atoms with Crippen LogP contribution in [0.2, 0.25) is 0 Å². The molecule has 2 rings (SSSR count). The van der Waals surface area contributed by atoms with Crippen LogP contribution in [0.1, 0.15) is 124 Å². The van der Waals surface area contributed by atoms with E-state index >= 15 is 0 Å². The van der Waals surface area contributed by atoms with E-state index in [1.54, 1.807) is 0 Å². The largest absolute Gasteiger partial charge is 0.472 e. The van der Waals surface area contributed by atoms with Crippen LogP contribution >= 0.6 is 7.82 Å². The molecule has 0 spiro atoms. The lowest BCUT2D eigenvalue weighted by Crippen LogP contribution is -2.66. The number of quaternary nitrogens is 1. The highest BCUT2D eigenvalue weighted by Gasteiger charge is 2.53. The summed E-state index contributed by atoms with van der Waals surface area (Å²) >= 11 is 0. The number of ether oxygens (including phenoxy) is 3. The van der Waals surface area contributed by atoms with E-state index in [1.807, 2.05) is 21.1 Å². The highest BCUT2D eigenvalue weighted by atomic mass is 31.2. The summed E-state index contributed by atoms with van der Waals surface area (Å²) in [5.74, 6) is -1.36. The molecule has 1 fully saturated rings. The van der Waals surface area contributed by atoms with Crippen LogP contribution in [0.25, 0.3) is 0 Å². The molecular weight excluding hydrogens is 707 g/mol. The van der Waals surface area contributed by atoms with Gasteiger partial charge in [-0.25, -0.2) is 4.57 Å². The SMILES string of the molecule is CCCCCCCCCCCCCCCCCCOC[C@H](COP(=O)(O)OCC[N+](C)(C)C)O[C@@H]1O[C@H](CO)[C@@H](O)[C@H](O)[C@H]1N1C(=O)C(C)=C(C)C1=O. The van der Waals surface area contributed by atoms with Crippen LogP contribution in [0.5, 0.6) is 0 Å². The van der Waals surface area contributed by atoms with E-state index in [2.05, 4.69) is 6.92 Å². The summed E-state index contributed by atoms with van der Waals surface area (Å²) in [7, 11) is 1.21. The lowest BCUT2D eigenvalue weighted by molar-refractivity contribution is -0.870. The van der Waals surface area contributed by atoms with Crippen LogP contribution in [0.4, 0.5) is 0 Å². The van der Waals surface area contributed by atoms with Crippen LogP contribution in [-0.4, -0.2) is 139 Å². The van der Waals surface area contributed by atoms with Gasteiger partial charge in [-0.15, -0.1) is 0 Å². The number of nitrogens with zero attached hydrogens (tertiary/aromatic N) is 2. The number of likely N-dealkylation sites (N-methyl/N-ethyl adjacent to an activating group) is 1. The number of hydrogen-bond acceptors (Lipinski definition) is 11. The standard InChI is InChI=1S/C38H71N2O12P/c1-7-8-9-10-11-12-13-14-15-16-17-18-19-20-21-22-24-48-27-31(28-50-53(46,47)49-25-23-40(4,5)6)51-38-33(35(43)34(42)32(26-41)52-38)39-36(44)29(2)30(3)37(39)45/h31-35,38,41-43H,7-28H2,1-6H3/p+1/t31-,32-,33-,34-,35-,38-/m1/s1. The molecule has 2 heterocycles. The minimum atomic E-state index is -4.52. The van der Waals surface area contributed by atoms with Crippen LogP contribution in [0.3, 0.4) is 0 Å². The van der Waals surface area contributed by atoms with Crippen molar-refractivity contribution in [3.63, 3.8) is 0 Å². The van der Waals surface area contributed by atoms with Crippen molar-refractivity contribution in [3.8, 4) is 0 Å². The average Bonchev–Trinajstić information content (AvgIpc) is 3.28. The number of imide groups is 1. The molecule has 1 saturated heterocycles. The molecule has 15 heteroatoms. The zero-order valence-corrected chi connectivity index (χ0v) is 34.3. The number of amides is 2. The minimum absolute atomic E-state index is 0.0422. The Labute approximate surface area is 318 Å². The van der Waals surface area contributed by atoms with Gasteiger partial charge in [0.25, 0.3) is 11.8 Å². The molecule has 310 valence electrons. The number of aliphatic hydroxyl groups excluding tert-OH is 3. The fraction of sp³-hybridized carbons (Fsp3) is 0.895. The fourth-order valence-corrected chi connectivity index (χ4v) is 7.17.